The quantitative estimate of drug-likeness (QED) is 0.508. The summed E-state index contributed by atoms with van der Waals surface area (Å²) >= 11 is 0. The normalized spacial score (nSPS) is 22.8. The van der Waals surface area contributed by atoms with Crippen LogP contribution in [0.25, 0.3) is 17.1 Å². The van der Waals surface area contributed by atoms with E-state index in [9.17, 15) is 14.0 Å². The van der Waals surface area contributed by atoms with E-state index in [1.165, 1.54) is 13.1 Å². The fraction of sp³-hybridized carbons (Fsp3) is 0.375. The van der Waals surface area contributed by atoms with E-state index in [1.807, 2.05) is 32.0 Å². The van der Waals surface area contributed by atoms with Gasteiger partial charge in [-0.3, -0.25) is 4.68 Å². The van der Waals surface area contributed by atoms with Crippen molar-refractivity contribution in [2.75, 3.05) is 5.32 Å². The van der Waals surface area contributed by atoms with Crippen molar-refractivity contribution in [3.8, 4) is 23.8 Å². The lowest BCUT2D eigenvalue weighted by molar-refractivity contribution is -0.0665. The summed E-state index contributed by atoms with van der Waals surface area (Å²) in [6.45, 7) is 3.67. The molecule has 10 heteroatoms. The molecule has 0 atom stereocenters. The smallest absolute Gasteiger partial charge is 0.280 e. The number of anilines is 1. The summed E-state index contributed by atoms with van der Waals surface area (Å²) in [6.07, 6.45) is 2.38. The maximum atomic E-state index is 13.9. The molecule has 3 aromatic rings. The van der Waals surface area contributed by atoms with Crippen LogP contribution < -0.4 is 10.1 Å². The predicted octanol–water partition coefficient (Wildman–Crippen LogP) is 5.11. The molecule has 3 aliphatic carbocycles. The fourth-order valence-corrected chi connectivity index (χ4v) is 5.21. The minimum absolute atomic E-state index is 0.0102. The van der Waals surface area contributed by atoms with Crippen molar-refractivity contribution >= 4 is 23.1 Å². The van der Waals surface area contributed by atoms with Crippen LogP contribution in [0.4, 0.5) is 14.7 Å². The van der Waals surface area contributed by atoms with E-state index in [4.69, 9.17) is 10.00 Å². The zero-order valence-corrected chi connectivity index (χ0v) is 18.9. The van der Waals surface area contributed by atoms with E-state index < -0.39 is 6.43 Å². The van der Waals surface area contributed by atoms with Gasteiger partial charge in [-0.2, -0.15) is 25.6 Å². The molecule has 3 saturated carbocycles. The van der Waals surface area contributed by atoms with Crippen LogP contribution in [0, 0.1) is 41.9 Å². The van der Waals surface area contributed by atoms with Gasteiger partial charge in [-0.05, 0) is 68.0 Å². The van der Waals surface area contributed by atoms with E-state index in [2.05, 4.69) is 26.5 Å². The van der Waals surface area contributed by atoms with Gasteiger partial charge in [0.1, 0.15) is 16.8 Å². The molecule has 0 amide bonds. The molecule has 3 fully saturated rings. The molecule has 2 heterocycles. The number of aryl methyl sites for hydroxylation is 3. The van der Waals surface area contributed by atoms with Crippen LogP contribution in [-0.2, 0) is 7.05 Å². The Morgan fingerprint density at radius 1 is 1.18 bits per heavy atom. The lowest BCUT2D eigenvalue weighted by atomic mass is 9.40. The molecule has 0 saturated heterocycles. The van der Waals surface area contributed by atoms with E-state index in [0.717, 1.165) is 21.4 Å². The number of hydrogen-bond donors (Lipinski definition) is 1. The summed E-state index contributed by atoms with van der Waals surface area (Å²) < 4.78 is 35.1. The van der Waals surface area contributed by atoms with Gasteiger partial charge in [-0.1, -0.05) is 0 Å². The molecule has 1 aromatic carbocycles. The highest BCUT2D eigenvalue weighted by Gasteiger charge is 2.69. The average molecular weight is 461 g/mol. The highest BCUT2D eigenvalue weighted by atomic mass is 19.3. The first-order valence-electron chi connectivity index (χ1n) is 10.8. The molecule has 172 valence electrons. The van der Waals surface area contributed by atoms with Crippen molar-refractivity contribution in [3.63, 3.8) is 0 Å². The summed E-state index contributed by atoms with van der Waals surface area (Å²) in [5.74, 6) is 0.707. The number of nitrogens with one attached hydrogen (secondary N) is 1. The number of alkyl halides is 2. The Bertz CT molecular complexity index is 1400. The van der Waals surface area contributed by atoms with Gasteiger partial charge < -0.3 is 10.1 Å². The Hall–Kier alpha value is -4.05. The number of halogens is 2. The number of ether oxygens (including phenoxy) is 1. The number of hydrogen-bond acceptors (Lipinski definition) is 7. The molecule has 0 radical (unpaired) electrons. The number of benzene rings is 1. The number of fused-ring (bicyclic) bond motifs is 1. The molecule has 0 unspecified atom stereocenters. The van der Waals surface area contributed by atoms with E-state index >= 15 is 0 Å². The van der Waals surface area contributed by atoms with E-state index in [0.29, 0.717) is 25.0 Å². The predicted molar refractivity (Wildman–Crippen MR) is 120 cm³/mol. The number of rotatable bonds is 6. The number of allylic oxidation sites excluding steroid dienone is 1. The summed E-state index contributed by atoms with van der Waals surface area (Å²) in [4.78, 5) is 8.86. The van der Waals surface area contributed by atoms with Crippen molar-refractivity contribution in [1.29, 1.82) is 10.5 Å². The molecular formula is C24H21F2N7O. The maximum Gasteiger partial charge on any atom is 0.280 e. The fourth-order valence-electron chi connectivity index (χ4n) is 5.21. The standard InChI is InChI=1S/C24H21F2N7O/c1-13-7-15(5-4-6-27)8-14(2)18(13)34-21-16-17(19(25)26)33(3)32-20(16)29-22(30-21)31-24-9-23(10-24,11-24)12-28/h4-5,7-8,19H,9-11H2,1-3H3,(H,29,31,32)/b5-4+. The summed E-state index contributed by atoms with van der Waals surface area (Å²) in [5.41, 5.74) is 1.62. The molecule has 3 aliphatic rings. The highest BCUT2D eigenvalue weighted by Crippen LogP contribution is 2.67. The number of aromatic nitrogens is 4. The van der Waals surface area contributed by atoms with Crippen LogP contribution in [-0.4, -0.2) is 25.3 Å². The van der Waals surface area contributed by atoms with Crippen LogP contribution in [0.15, 0.2) is 18.2 Å². The van der Waals surface area contributed by atoms with Crippen LogP contribution in [0.1, 0.15) is 48.1 Å². The molecule has 0 spiro atoms. The van der Waals surface area contributed by atoms with Gasteiger partial charge in [0.2, 0.25) is 11.8 Å². The third kappa shape index (κ3) is 3.34. The van der Waals surface area contributed by atoms with Gasteiger partial charge >= 0.3 is 0 Å². The second kappa shape index (κ2) is 7.49. The van der Waals surface area contributed by atoms with E-state index in [1.54, 1.807) is 6.08 Å². The first-order chi connectivity index (χ1) is 16.2. The van der Waals surface area contributed by atoms with Crippen LogP contribution in [0.5, 0.6) is 11.6 Å². The molecule has 2 aromatic heterocycles. The minimum Gasteiger partial charge on any atom is -0.437 e. The molecule has 1 N–H and O–H groups in total. The first kappa shape index (κ1) is 21.8. The lowest BCUT2D eigenvalue weighted by Gasteiger charge is -2.66. The monoisotopic (exact) mass is 461 g/mol. The first-order valence-corrected chi connectivity index (χ1v) is 10.8. The molecule has 8 nitrogen and oxygen atoms in total. The minimum atomic E-state index is -2.80. The lowest BCUT2D eigenvalue weighted by Crippen LogP contribution is -2.70. The largest absolute Gasteiger partial charge is 0.437 e. The third-order valence-electron chi connectivity index (χ3n) is 6.59. The zero-order valence-electron chi connectivity index (χ0n) is 18.9. The Labute approximate surface area is 194 Å². The van der Waals surface area contributed by atoms with Crippen molar-refractivity contribution in [2.24, 2.45) is 12.5 Å². The van der Waals surface area contributed by atoms with Gasteiger partial charge in [0.25, 0.3) is 6.43 Å². The summed E-state index contributed by atoms with van der Waals surface area (Å²) in [6, 6.07) is 8.00. The van der Waals surface area contributed by atoms with Crippen LogP contribution in [0.2, 0.25) is 0 Å². The average Bonchev–Trinajstić information content (AvgIpc) is 3.06. The zero-order chi connectivity index (χ0) is 24.3. The van der Waals surface area contributed by atoms with Crippen molar-refractivity contribution < 1.29 is 13.5 Å². The third-order valence-corrected chi connectivity index (χ3v) is 6.59. The number of nitrogens with zero attached hydrogens (tertiary/aromatic N) is 6. The SMILES string of the molecule is Cc1cc(/C=C/C#N)cc(C)c1Oc1nc(NC23CC(C#N)(C2)C3)nc2nn(C)c(C(F)F)c12. The summed E-state index contributed by atoms with van der Waals surface area (Å²) in [5, 5.41) is 25.6. The molecular weight excluding hydrogens is 440 g/mol. The maximum absolute atomic E-state index is 13.9. The second-order valence-corrected chi connectivity index (χ2v) is 9.24. The molecule has 2 bridgehead atoms. The van der Waals surface area contributed by atoms with Gasteiger partial charge in [-0.25, -0.2) is 8.78 Å². The summed E-state index contributed by atoms with van der Waals surface area (Å²) in [7, 11) is 1.44. The Kier molecular flexibility index (Phi) is 4.80. The van der Waals surface area contributed by atoms with Gasteiger partial charge in [-0.15, -0.1) is 0 Å². The second-order valence-electron chi connectivity index (χ2n) is 9.24. The number of nitriles is 2. The van der Waals surface area contributed by atoms with Gasteiger partial charge in [0.05, 0.1) is 17.6 Å². The molecule has 34 heavy (non-hydrogen) atoms. The van der Waals surface area contributed by atoms with Crippen molar-refractivity contribution in [3.05, 3.63) is 40.6 Å². The highest BCUT2D eigenvalue weighted by molar-refractivity contribution is 5.85. The molecule has 0 aliphatic heterocycles. The Morgan fingerprint density at radius 2 is 1.85 bits per heavy atom. The van der Waals surface area contributed by atoms with Crippen LogP contribution in [0.3, 0.4) is 0 Å². The Morgan fingerprint density at radius 3 is 2.44 bits per heavy atom. The van der Waals surface area contributed by atoms with Crippen LogP contribution >= 0.6 is 0 Å². The van der Waals surface area contributed by atoms with Crippen molar-refractivity contribution in [2.45, 2.75) is 45.1 Å². The Balaban J connectivity index is 1.57. The van der Waals surface area contributed by atoms with E-state index in [-0.39, 0.29) is 39.5 Å². The topological polar surface area (TPSA) is 112 Å². The van der Waals surface area contributed by atoms with Gasteiger partial charge in [0, 0.05) is 18.7 Å². The molecule has 6 rings (SSSR count). The van der Waals surface area contributed by atoms with Crippen molar-refractivity contribution in [1.82, 2.24) is 19.7 Å². The van der Waals surface area contributed by atoms with Gasteiger partial charge in [0.15, 0.2) is 5.65 Å².